The number of carbonyl (C=O) groups is 1. The summed E-state index contributed by atoms with van der Waals surface area (Å²) in [7, 11) is 0. The lowest BCUT2D eigenvalue weighted by Gasteiger charge is -2.26. The first kappa shape index (κ1) is 16.9. The maximum Gasteiger partial charge on any atom is 0.168 e. The van der Waals surface area contributed by atoms with Crippen LogP contribution in [-0.4, -0.2) is 23.1 Å². The van der Waals surface area contributed by atoms with Gasteiger partial charge in [0.25, 0.3) is 0 Å². The average Bonchev–Trinajstić information content (AvgIpc) is 2.50. The molecule has 1 aromatic carbocycles. The first-order valence-electron chi connectivity index (χ1n) is 7.32. The van der Waals surface area contributed by atoms with Crippen molar-refractivity contribution in [3.63, 3.8) is 0 Å². The maximum absolute atomic E-state index is 13.7. The maximum atomic E-state index is 13.7. The number of ketones is 1. The molecule has 2 rings (SSSR count). The zero-order valence-corrected chi connectivity index (χ0v) is 13.1. The summed E-state index contributed by atoms with van der Waals surface area (Å²) in [4.78, 5) is 14.1. The summed E-state index contributed by atoms with van der Waals surface area (Å²) in [6.07, 6.45) is 5.04. The lowest BCUT2D eigenvalue weighted by molar-refractivity contribution is -0.114. The van der Waals surface area contributed by atoms with Gasteiger partial charge in [-0.05, 0) is 11.6 Å². The highest BCUT2D eigenvalue weighted by molar-refractivity contribution is 6.00. The van der Waals surface area contributed by atoms with Crippen molar-refractivity contribution in [2.75, 3.05) is 6.54 Å². The molecular weight excluding hydrogens is 300 g/mol. The molecule has 23 heavy (non-hydrogen) atoms. The van der Waals surface area contributed by atoms with E-state index in [1.165, 1.54) is 6.07 Å². The number of Topliss-reactive ketones (excluding diaryl/α,β-unsaturated/α-hetero) is 1. The van der Waals surface area contributed by atoms with Crippen molar-refractivity contribution < 1.29 is 13.6 Å². The van der Waals surface area contributed by atoms with Crippen LogP contribution in [0.2, 0.25) is 0 Å². The van der Waals surface area contributed by atoms with Crippen LogP contribution in [0, 0.1) is 17.6 Å². The first-order chi connectivity index (χ1) is 10.9. The largest absolute Gasteiger partial charge is 0.330 e. The molecule has 0 aromatic heterocycles. The number of hydrogen-bond donors (Lipinski definition) is 1. The van der Waals surface area contributed by atoms with Gasteiger partial charge < -0.3 is 10.7 Å². The average molecular weight is 319 g/mol. The number of hydrogen-bond acceptors (Lipinski definition) is 3. The Hall–Kier alpha value is -2.50. The molecule has 1 heterocycles. The molecule has 0 unspecified atom stereocenters. The number of allylic oxidation sites excluding steroid dienone is 2. The van der Waals surface area contributed by atoms with E-state index in [4.69, 9.17) is 5.84 Å². The van der Waals surface area contributed by atoms with E-state index < -0.39 is 11.6 Å². The lowest BCUT2D eigenvalue weighted by atomic mass is 10.0. The van der Waals surface area contributed by atoms with Crippen molar-refractivity contribution >= 4 is 11.6 Å². The SMILES string of the molecule is CC(C)/C(=N/N)N1C=C(C(=O)Cc2ccc(F)cc2F)C=CC1. The predicted molar refractivity (Wildman–Crippen MR) is 85.5 cm³/mol. The van der Waals surface area contributed by atoms with E-state index in [2.05, 4.69) is 5.10 Å². The van der Waals surface area contributed by atoms with Crippen LogP contribution in [0.4, 0.5) is 8.78 Å². The van der Waals surface area contributed by atoms with E-state index >= 15 is 0 Å². The zero-order valence-electron chi connectivity index (χ0n) is 13.1. The van der Waals surface area contributed by atoms with Crippen LogP contribution in [0.25, 0.3) is 0 Å². The van der Waals surface area contributed by atoms with E-state index in [0.717, 1.165) is 12.1 Å². The smallest absolute Gasteiger partial charge is 0.168 e. The molecule has 1 aromatic rings. The van der Waals surface area contributed by atoms with Gasteiger partial charge in [-0.15, -0.1) is 0 Å². The second kappa shape index (κ2) is 7.17. The van der Waals surface area contributed by atoms with Crippen LogP contribution < -0.4 is 5.84 Å². The van der Waals surface area contributed by atoms with Crippen molar-refractivity contribution in [1.29, 1.82) is 0 Å². The molecule has 2 N–H and O–H groups in total. The number of halogens is 2. The number of amidine groups is 1. The van der Waals surface area contributed by atoms with Crippen LogP contribution in [-0.2, 0) is 11.2 Å². The summed E-state index contributed by atoms with van der Waals surface area (Å²) in [5, 5.41) is 3.76. The normalized spacial score (nSPS) is 15.1. The van der Waals surface area contributed by atoms with Crippen molar-refractivity contribution in [3.05, 3.63) is 59.3 Å². The van der Waals surface area contributed by atoms with Crippen molar-refractivity contribution in [2.45, 2.75) is 20.3 Å². The number of benzene rings is 1. The minimum Gasteiger partial charge on any atom is -0.330 e. The molecule has 0 aliphatic carbocycles. The van der Waals surface area contributed by atoms with Crippen LogP contribution in [0.15, 0.2) is 47.2 Å². The third-order valence-corrected chi connectivity index (χ3v) is 3.53. The van der Waals surface area contributed by atoms with E-state index in [9.17, 15) is 13.6 Å². The second-order valence-corrected chi connectivity index (χ2v) is 5.62. The number of carbonyl (C=O) groups excluding carboxylic acids is 1. The summed E-state index contributed by atoms with van der Waals surface area (Å²) < 4.78 is 26.6. The molecule has 0 saturated heterocycles. The highest BCUT2D eigenvalue weighted by Gasteiger charge is 2.19. The van der Waals surface area contributed by atoms with Gasteiger partial charge >= 0.3 is 0 Å². The highest BCUT2D eigenvalue weighted by Crippen LogP contribution is 2.17. The fraction of sp³-hybridized carbons (Fsp3) is 0.294. The third kappa shape index (κ3) is 4.03. The minimum atomic E-state index is -0.720. The van der Waals surface area contributed by atoms with E-state index in [1.807, 2.05) is 19.9 Å². The van der Waals surface area contributed by atoms with E-state index in [0.29, 0.717) is 18.0 Å². The topological polar surface area (TPSA) is 58.7 Å². The fourth-order valence-electron chi connectivity index (χ4n) is 2.38. The Labute approximate surface area is 134 Å². The molecule has 0 spiro atoms. The second-order valence-electron chi connectivity index (χ2n) is 5.62. The molecule has 0 bridgehead atoms. The summed E-state index contributed by atoms with van der Waals surface area (Å²) in [5.41, 5.74) is 0.598. The lowest BCUT2D eigenvalue weighted by Crippen LogP contribution is -2.33. The number of nitrogens with two attached hydrogens (primary N) is 1. The van der Waals surface area contributed by atoms with Crippen LogP contribution in [0.1, 0.15) is 19.4 Å². The van der Waals surface area contributed by atoms with Crippen molar-refractivity contribution in [2.24, 2.45) is 16.9 Å². The van der Waals surface area contributed by atoms with Crippen molar-refractivity contribution in [1.82, 2.24) is 4.90 Å². The van der Waals surface area contributed by atoms with Gasteiger partial charge in [-0.1, -0.05) is 32.1 Å². The van der Waals surface area contributed by atoms with Gasteiger partial charge in [0.2, 0.25) is 0 Å². The van der Waals surface area contributed by atoms with Gasteiger partial charge in [0, 0.05) is 36.7 Å². The molecular formula is C17H19F2N3O. The quantitative estimate of drug-likeness (QED) is 0.402. The molecule has 1 aliphatic rings. The molecule has 0 radical (unpaired) electrons. The van der Waals surface area contributed by atoms with Gasteiger partial charge in [-0.3, -0.25) is 4.79 Å². The van der Waals surface area contributed by atoms with Crippen LogP contribution in [0.5, 0.6) is 0 Å². The molecule has 0 amide bonds. The van der Waals surface area contributed by atoms with Gasteiger partial charge in [0.1, 0.15) is 17.5 Å². The summed E-state index contributed by atoms with van der Waals surface area (Å²) >= 11 is 0. The molecule has 1 aliphatic heterocycles. The van der Waals surface area contributed by atoms with Gasteiger partial charge in [-0.25, -0.2) is 8.78 Å². The molecule has 0 saturated carbocycles. The summed E-state index contributed by atoms with van der Waals surface area (Å²) in [6, 6.07) is 3.20. The Morgan fingerprint density at radius 3 is 2.74 bits per heavy atom. The van der Waals surface area contributed by atoms with Gasteiger partial charge in [-0.2, -0.15) is 5.10 Å². The third-order valence-electron chi connectivity index (χ3n) is 3.53. The van der Waals surface area contributed by atoms with Crippen LogP contribution >= 0.6 is 0 Å². The summed E-state index contributed by atoms with van der Waals surface area (Å²) in [5.74, 6) is 4.53. The molecule has 0 atom stereocenters. The molecule has 4 nitrogen and oxygen atoms in total. The van der Waals surface area contributed by atoms with Gasteiger partial charge in [0.15, 0.2) is 5.78 Å². The van der Waals surface area contributed by atoms with Crippen LogP contribution in [0.3, 0.4) is 0 Å². The monoisotopic (exact) mass is 319 g/mol. The Balaban J connectivity index is 2.18. The fourth-order valence-corrected chi connectivity index (χ4v) is 2.38. The van der Waals surface area contributed by atoms with E-state index in [1.54, 1.807) is 17.2 Å². The Bertz CT molecular complexity index is 693. The zero-order chi connectivity index (χ0) is 17.0. The Morgan fingerprint density at radius 1 is 1.39 bits per heavy atom. The molecule has 6 heteroatoms. The number of nitrogens with zero attached hydrogens (tertiary/aromatic N) is 2. The number of rotatable bonds is 4. The Kier molecular flexibility index (Phi) is 5.26. The molecule has 122 valence electrons. The summed E-state index contributed by atoms with van der Waals surface area (Å²) in [6.45, 7) is 4.47. The predicted octanol–water partition coefficient (Wildman–Crippen LogP) is 2.76. The molecule has 0 fully saturated rings. The Morgan fingerprint density at radius 2 is 2.13 bits per heavy atom. The van der Waals surface area contributed by atoms with Gasteiger partial charge in [0.05, 0.1) is 0 Å². The minimum absolute atomic E-state index is 0.105. The highest BCUT2D eigenvalue weighted by atomic mass is 19.1. The van der Waals surface area contributed by atoms with E-state index in [-0.39, 0.29) is 23.7 Å². The van der Waals surface area contributed by atoms with Crippen molar-refractivity contribution in [3.8, 4) is 0 Å². The number of hydrazone groups is 1. The standard InChI is InChI=1S/C17H19F2N3O/c1-11(2)17(21-20)22-7-3-4-13(10-22)16(23)8-12-5-6-14(18)9-15(12)19/h3-6,9-11H,7-8,20H2,1-2H3/b21-17-. The first-order valence-corrected chi connectivity index (χ1v) is 7.32.